The lowest BCUT2D eigenvalue weighted by Crippen LogP contribution is -1.97. The molecular formula is C18H13Cl3. The predicted molar refractivity (Wildman–Crippen MR) is 92.7 cm³/mol. The van der Waals surface area contributed by atoms with Crippen LogP contribution in [0.25, 0.3) is 10.8 Å². The maximum atomic E-state index is 6.52. The number of halogens is 3. The van der Waals surface area contributed by atoms with Crippen molar-refractivity contribution in [3.8, 4) is 0 Å². The van der Waals surface area contributed by atoms with Crippen molar-refractivity contribution < 1.29 is 0 Å². The van der Waals surface area contributed by atoms with Crippen LogP contribution in [0.1, 0.15) is 16.5 Å². The third-order valence-corrected chi connectivity index (χ3v) is 4.48. The van der Waals surface area contributed by atoms with Crippen LogP contribution in [0, 0.1) is 0 Å². The Morgan fingerprint density at radius 3 is 2.33 bits per heavy atom. The largest absolute Gasteiger partial charge is 0.117 e. The summed E-state index contributed by atoms with van der Waals surface area (Å²) < 4.78 is 0. The van der Waals surface area contributed by atoms with Gasteiger partial charge in [-0.15, -0.1) is 11.6 Å². The molecule has 0 N–H and O–H groups in total. The van der Waals surface area contributed by atoms with Crippen molar-refractivity contribution in [1.82, 2.24) is 0 Å². The number of hydrogen-bond acceptors (Lipinski definition) is 0. The molecule has 0 radical (unpaired) electrons. The Balaban J connectivity index is 1.87. The molecule has 1 atom stereocenters. The molecule has 0 spiro atoms. The molecule has 3 aromatic carbocycles. The summed E-state index contributed by atoms with van der Waals surface area (Å²) in [7, 11) is 0. The van der Waals surface area contributed by atoms with Gasteiger partial charge in [0.05, 0.1) is 5.38 Å². The smallest absolute Gasteiger partial charge is 0.0640 e. The van der Waals surface area contributed by atoms with Crippen LogP contribution < -0.4 is 0 Å². The lowest BCUT2D eigenvalue weighted by Gasteiger charge is -2.12. The lowest BCUT2D eigenvalue weighted by molar-refractivity contribution is 0.922. The van der Waals surface area contributed by atoms with Crippen LogP contribution in [-0.4, -0.2) is 0 Å². The van der Waals surface area contributed by atoms with Crippen molar-refractivity contribution in [2.75, 3.05) is 0 Å². The summed E-state index contributed by atoms with van der Waals surface area (Å²) >= 11 is 18.7. The minimum Gasteiger partial charge on any atom is -0.117 e. The maximum absolute atomic E-state index is 6.52. The van der Waals surface area contributed by atoms with Crippen molar-refractivity contribution in [3.05, 3.63) is 81.8 Å². The average Bonchev–Trinajstić information content (AvgIpc) is 2.47. The van der Waals surface area contributed by atoms with Crippen molar-refractivity contribution in [1.29, 1.82) is 0 Å². The van der Waals surface area contributed by atoms with Gasteiger partial charge in [-0.05, 0) is 40.5 Å². The fraction of sp³-hybridized carbons (Fsp3) is 0.111. The quantitative estimate of drug-likeness (QED) is 0.469. The van der Waals surface area contributed by atoms with Crippen LogP contribution in [0.3, 0.4) is 0 Å². The van der Waals surface area contributed by atoms with Crippen LogP contribution in [-0.2, 0) is 6.42 Å². The van der Waals surface area contributed by atoms with Crippen molar-refractivity contribution >= 4 is 45.6 Å². The Kier molecular flexibility index (Phi) is 4.40. The Bertz CT molecular complexity index is 780. The molecule has 0 aliphatic heterocycles. The van der Waals surface area contributed by atoms with E-state index < -0.39 is 0 Å². The van der Waals surface area contributed by atoms with Gasteiger partial charge in [-0.25, -0.2) is 0 Å². The van der Waals surface area contributed by atoms with Gasteiger partial charge in [0.15, 0.2) is 0 Å². The summed E-state index contributed by atoms with van der Waals surface area (Å²) in [5, 5.41) is 3.52. The first-order valence-corrected chi connectivity index (χ1v) is 7.89. The summed E-state index contributed by atoms with van der Waals surface area (Å²) in [6, 6.07) is 20.1. The Hall–Kier alpha value is -1.21. The standard InChI is InChI=1S/C18H13Cl3/c19-15-7-8-16(18(21)11-15)17(20)10-12-5-6-13-3-1-2-4-14(13)9-12/h1-9,11,17H,10H2. The molecule has 0 fully saturated rings. The summed E-state index contributed by atoms with van der Waals surface area (Å²) in [4.78, 5) is 0. The number of benzene rings is 3. The molecule has 3 heteroatoms. The average molecular weight is 336 g/mol. The number of hydrogen-bond donors (Lipinski definition) is 0. The summed E-state index contributed by atoms with van der Waals surface area (Å²) in [5.41, 5.74) is 2.11. The molecule has 0 heterocycles. The second-order valence-electron chi connectivity index (χ2n) is 5.02. The molecule has 0 aromatic heterocycles. The SMILES string of the molecule is Clc1ccc(C(Cl)Cc2ccc3ccccc3c2)c(Cl)c1. The number of fused-ring (bicyclic) bond motifs is 1. The lowest BCUT2D eigenvalue weighted by atomic mass is 10.0. The van der Waals surface area contributed by atoms with Gasteiger partial charge >= 0.3 is 0 Å². The Morgan fingerprint density at radius 1 is 0.810 bits per heavy atom. The van der Waals surface area contributed by atoms with Crippen molar-refractivity contribution in [2.24, 2.45) is 0 Å². The zero-order chi connectivity index (χ0) is 14.8. The molecule has 3 aromatic rings. The Labute approximate surface area is 139 Å². The van der Waals surface area contributed by atoms with Crippen LogP contribution in [0.4, 0.5) is 0 Å². The Morgan fingerprint density at radius 2 is 1.57 bits per heavy atom. The van der Waals surface area contributed by atoms with E-state index in [0.717, 1.165) is 12.0 Å². The molecule has 0 nitrogen and oxygen atoms in total. The van der Waals surface area contributed by atoms with Crippen LogP contribution in [0.15, 0.2) is 60.7 Å². The van der Waals surface area contributed by atoms with E-state index in [0.29, 0.717) is 10.0 Å². The molecule has 0 bridgehead atoms. The number of alkyl halides is 1. The van der Waals surface area contributed by atoms with E-state index in [-0.39, 0.29) is 5.38 Å². The molecule has 1 unspecified atom stereocenters. The first-order valence-electron chi connectivity index (χ1n) is 6.70. The van der Waals surface area contributed by atoms with Crippen LogP contribution in [0.2, 0.25) is 10.0 Å². The fourth-order valence-electron chi connectivity index (χ4n) is 2.44. The monoisotopic (exact) mass is 334 g/mol. The van der Waals surface area contributed by atoms with Crippen LogP contribution >= 0.6 is 34.8 Å². The molecule has 106 valence electrons. The van der Waals surface area contributed by atoms with Gasteiger partial charge in [0.2, 0.25) is 0 Å². The highest BCUT2D eigenvalue weighted by molar-refractivity contribution is 6.35. The third-order valence-electron chi connectivity index (χ3n) is 3.53. The second-order valence-corrected chi connectivity index (χ2v) is 6.39. The molecule has 3 rings (SSSR count). The van der Waals surface area contributed by atoms with Crippen molar-refractivity contribution in [2.45, 2.75) is 11.8 Å². The third kappa shape index (κ3) is 3.35. The van der Waals surface area contributed by atoms with Gasteiger partial charge < -0.3 is 0 Å². The predicted octanol–water partition coefficient (Wildman–Crippen LogP) is 6.67. The van der Waals surface area contributed by atoms with E-state index in [1.807, 2.05) is 24.3 Å². The van der Waals surface area contributed by atoms with E-state index in [4.69, 9.17) is 34.8 Å². The first kappa shape index (κ1) is 14.7. The highest BCUT2D eigenvalue weighted by Gasteiger charge is 2.13. The van der Waals surface area contributed by atoms with E-state index in [1.54, 1.807) is 6.07 Å². The van der Waals surface area contributed by atoms with Gasteiger partial charge in [-0.2, -0.15) is 0 Å². The summed E-state index contributed by atoms with van der Waals surface area (Å²) in [5.74, 6) is 0. The molecule has 0 saturated carbocycles. The molecule has 0 aliphatic rings. The zero-order valence-electron chi connectivity index (χ0n) is 11.2. The molecule has 0 amide bonds. The van der Waals surface area contributed by atoms with Gasteiger partial charge in [-0.3, -0.25) is 0 Å². The summed E-state index contributed by atoms with van der Waals surface area (Å²) in [6.07, 6.45) is 0.730. The highest BCUT2D eigenvalue weighted by Crippen LogP contribution is 2.33. The van der Waals surface area contributed by atoms with Crippen molar-refractivity contribution in [3.63, 3.8) is 0 Å². The highest BCUT2D eigenvalue weighted by atomic mass is 35.5. The zero-order valence-corrected chi connectivity index (χ0v) is 13.5. The van der Waals surface area contributed by atoms with Gasteiger partial charge in [-0.1, -0.05) is 71.7 Å². The molecular weight excluding hydrogens is 323 g/mol. The topological polar surface area (TPSA) is 0 Å². The normalized spacial score (nSPS) is 12.5. The maximum Gasteiger partial charge on any atom is 0.0640 e. The van der Waals surface area contributed by atoms with E-state index in [2.05, 4.69) is 30.3 Å². The van der Waals surface area contributed by atoms with E-state index in [1.165, 1.54) is 16.3 Å². The second kappa shape index (κ2) is 6.27. The van der Waals surface area contributed by atoms with Crippen LogP contribution in [0.5, 0.6) is 0 Å². The minimum absolute atomic E-state index is 0.170. The minimum atomic E-state index is -0.170. The molecule has 0 saturated heterocycles. The first-order chi connectivity index (χ1) is 10.1. The van der Waals surface area contributed by atoms with E-state index >= 15 is 0 Å². The molecule has 21 heavy (non-hydrogen) atoms. The molecule has 0 aliphatic carbocycles. The van der Waals surface area contributed by atoms with E-state index in [9.17, 15) is 0 Å². The fourth-order valence-corrected chi connectivity index (χ4v) is 3.40. The van der Waals surface area contributed by atoms with Gasteiger partial charge in [0.25, 0.3) is 0 Å². The summed E-state index contributed by atoms with van der Waals surface area (Å²) in [6.45, 7) is 0. The van der Waals surface area contributed by atoms with Gasteiger partial charge in [0.1, 0.15) is 0 Å². The van der Waals surface area contributed by atoms with Gasteiger partial charge in [0, 0.05) is 10.0 Å². The number of rotatable bonds is 3.